The molecule has 0 aromatic heterocycles. The zero-order valence-corrected chi connectivity index (χ0v) is 11.9. The molecule has 2 aromatic carbocycles. The van der Waals surface area contributed by atoms with E-state index in [1.54, 1.807) is 12.1 Å². The Bertz CT molecular complexity index is 554. The van der Waals surface area contributed by atoms with Gasteiger partial charge in [0, 0.05) is 18.7 Å². The highest BCUT2D eigenvalue weighted by Gasteiger charge is 2.04. The van der Waals surface area contributed by atoms with Gasteiger partial charge in [-0.3, -0.25) is 0 Å². The molecule has 2 aromatic rings. The van der Waals surface area contributed by atoms with Crippen molar-refractivity contribution in [1.82, 2.24) is 5.32 Å². The van der Waals surface area contributed by atoms with Gasteiger partial charge in [-0.15, -0.1) is 0 Å². The Morgan fingerprint density at radius 1 is 1.05 bits per heavy atom. The molecule has 2 rings (SSSR count). The first-order chi connectivity index (χ1) is 9.65. The maximum absolute atomic E-state index is 13.1. The number of rotatable bonds is 6. The van der Waals surface area contributed by atoms with Crippen LogP contribution in [0.5, 0.6) is 5.75 Å². The van der Waals surface area contributed by atoms with Crippen LogP contribution in [0.2, 0.25) is 0 Å². The van der Waals surface area contributed by atoms with Gasteiger partial charge >= 0.3 is 0 Å². The molecule has 0 spiro atoms. The summed E-state index contributed by atoms with van der Waals surface area (Å²) in [4.78, 5) is 0. The lowest BCUT2D eigenvalue weighted by Gasteiger charge is -2.14. The first-order valence-electron chi connectivity index (χ1n) is 6.85. The van der Waals surface area contributed by atoms with E-state index in [2.05, 4.69) is 5.32 Å². The maximum Gasteiger partial charge on any atom is 0.124 e. The summed E-state index contributed by atoms with van der Waals surface area (Å²) >= 11 is 0. The van der Waals surface area contributed by atoms with Crippen LogP contribution >= 0.6 is 0 Å². The average Bonchev–Trinajstić information content (AvgIpc) is 2.40. The van der Waals surface area contributed by atoms with Gasteiger partial charge in [-0.2, -0.15) is 0 Å². The van der Waals surface area contributed by atoms with Crippen LogP contribution in [0.3, 0.4) is 0 Å². The highest BCUT2D eigenvalue weighted by atomic mass is 19.1. The Morgan fingerprint density at radius 2 is 1.85 bits per heavy atom. The van der Waals surface area contributed by atoms with E-state index in [1.165, 1.54) is 6.07 Å². The van der Waals surface area contributed by atoms with Crippen LogP contribution in [-0.4, -0.2) is 6.10 Å². The predicted molar refractivity (Wildman–Crippen MR) is 79.1 cm³/mol. The number of para-hydroxylation sites is 1. The molecule has 0 fully saturated rings. The van der Waals surface area contributed by atoms with Gasteiger partial charge in [-0.25, -0.2) is 4.39 Å². The molecule has 0 aliphatic heterocycles. The second-order valence-electron chi connectivity index (χ2n) is 5.01. The van der Waals surface area contributed by atoms with Gasteiger partial charge in [0.1, 0.15) is 11.6 Å². The number of ether oxygens (including phenoxy) is 1. The van der Waals surface area contributed by atoms with Crippen LogP contribution in [0.15, 0.2) is 48.5 Å². The van der Waals surface area contributed by atoms with E-state index in [0.717, 1.165) is 16.9 Å². The normalized spacial score (nSPS) is 10.8. The average molecular weight is 273 g/mol. The summed E-state index contributed by atoms with van der Waals surface area (Å²) in [6.45, 7) is 5.35. The molecule has 0 heterocycles. The first kappa shape index (κ1) is 14.5. The van der Waals surface area contributed by atoms with E-state index in [1.807, 2.05) is 44.2 Å². The third-order valence-corrected chi connectivity index (χ3v) is 2.87. The summed E-state index contributed by atoms with van der Waals surface area (Å²) < 4.78 is 18.8. The molecule has 1 N–H and O–H groups in total. The van der Waals surface area contributed by atoms with Crippen molar-refractivity contribution in [3.05, 3.63) is 65.5 Å². The maximum atomic E-state index is 13.1. The molecule has 0 unspecified atom stereocenters. The summed E-state index contributed by atoms with van der Waals surface area (Å²) in [6, 6.07) is 14.6. The minimum atomic E-state index is -0.201. The van der Waals surface area contributed by atoms with Crippen LogP contribution in [0.4, 0.5) is 4.39 Å². The third kappa shape index (κ3) is 4.35. The fourth-order valence-electron chi connectivity index (χ4n) is 2.01. The Hall–Kier alpha value is -1.87. The molecule has 0 saturated carbocycles. The molecular formula is C17H20FNO. The number of benzene rings is 2. The van der Waals surface area contributed by atoms with Crippen molar-refractivity contribution in [3.8, 4) is 5.75 Å². The van der Waals surface area contributed by atoms with Gasteiger partial charge in [0.05, 0.1) is 6.10 Å². The predicted octanol–water partition coefficient (Wildman–Crippen LogP) is 3.90. The van der Waals surface area contributed by atoms with Crippen molar-refractivity contribution >= 4 is 0 Å². The van der Waals surface area contributed by atoms with Crippen molar-refractivity contribution in [3.63, 3.8) is 0 Å². The lowest BCUT2D eigenvalue weighted by Crippen LogP contribution is -2.15. The largest absolute Gasteiger partial charge is 0.491 e. The molecule has 2 nitrogen and oxygen atoms in total. The van der Waals surface area contributed by atoms with Crippen LogP contribution in [-0.2, 0) is 13.1 Å². The lowest BCUT2D eigenvalue weighted by atomic mass is 10.2. The smallest absolute Gasteiger partial charge is 0.124 e. The van der Waals surface area contributed by atoms with Gasteiger partial charge < -0.3 is 10.1 Å². The fraction of sp³-hybridized carbons (Fsp3) is 0.294. The Morgan fingerprint density at radius 3 is 2.60 bits per heavy atom. The van der Waals surface area contributed by atoms with Crippen LogP contribution in [0.25, 0.3) is 0 Å². The Labute approximate surface area is 119 Å². The monoisotopic (exact) mass is 273 g/mol. The summed E-state index contributed by atoms with van der Waals surface area (Å²) in [7, 11) is 0. The van der Waals surface area contributed by atoms with Crippen molar-refractivity contribution in [2.45, 2.75) is 33.0 Å². The zero-order chi connectivity index (χ0) is 14.4. The van der Waals surface area contributed by atoms with E-state index < -0.39 is 0 Å². The van der Waals surface area contributed by atoms with E-state index in [4.69, 9.17) is 4.74 Å². The van der Waals surface area contributed by atoms with Crippen LogP contribution in [0, 0.1) is 5.82 Å². The van der Waals surface area contributed by atoms with Crippen LogP contribution in [0.1, 0.15) is 25.0 Å². The van der Waals surface area contributed by atoms with Gasteiger partial charge in [0.25, 0.3) is 0 Å². The van der Waals surface area contributed by atoms with Gasteiger partial charge in [-0.1, -0.05) is 30.3 Å². The van der Waals surface area contributed by atoms with Crippen LogP contribution < -0.4 is 10.1 Å². The highest BCUT2D eigenvalue weighted by molar-refractivity contribution is 5.33. The molecule has 0 amide bonds. The highest BCUT2D eigenvalue weighted by Crippen LogP contribution is 2.19. The first-order valence-corrected chi connectivity index (χ1v) is 6.85. The topological polar surface area (TPSA) is 21.3 Å². The summed E-state index contributed by atoms with van der Waals surface area (Å²) in [5.74, 6) is 0.696. The third-order valence-electron chi connectivity index (χ3n) is 2.87. The molecular weight excluding hydrogens is 253 g/mol. The number of halogens is 1. The SMILES string of the molecule is CC(C)Oc1ccccc1CNCc1cccc(F)c1. The molecule has 0 saturated heterocycles. The number of hydrogen-bond acceptors (Lipinski definition) is 2. The van der Waals surface area contributed by atoms with Gasteiger partial charge in [0.2, 0.25) is 0 Å². The van der Waals surface area contributed by atoms with Crippen molar-refractivity contribution in [2.75, 3.05) is 0 Å². The molecule has 20 heavy (non-hydrogen) atoms. The molecule has 0 aliphatic rings. The van der Waals surface area contributed by atoms with E-state index in [9.17, 15) is 4.39 Å². The molecule has 106 valence electrons. The zero-order valence-electron chi connectivity index (χ0n) is 11.9. The lowest BCUT2D eigenvalue weighted by molar-refractivity contribution is 0.239. The van der Waals surface area contributed by atoms with Gasteiger partial charge in [0.15, 0.2) is 0 Å². The van der Waals surface area contributed by atoms with E-state index in [-0.39, 0.29) is 11.9 Å². The summed E-state index contributed by atoms with van der Waals surface area (Å²) in [5, 5.41) is 3.31. The van der Waals surface area contributed by atoms with E-state index in [0.29, 0.717) is 13.1 Å². The Kier molecular flexibility index (Phi) is 5.13. The fourth-order valence-corrected chi connectivity index (χ4v) is 2.01. The minimum Gasteiger partial charge on any atom is -0.491 e. The standard InChI is InChI=1S/C17H20FNO/c1-13(2)20-17-9-4-3-7-15(17)12-19-11-14-6-5-8-16(18)10-14/h3-10,13,19H,11-12H2,1-2H3. The molecule has 0 bridgehead atoms. The number of hydrogen-bond donors (Lipinski definition) is 1. The van der Waals surface area contributed by atoms with E-state index >= 15 is 0 Å². The van der Waals surface area contributed by atoms with Crippen molar-refractivity contribution in [1.29, 1.82) is 0 Å². The quantitative estimate of drug-likeness (QED) is 0.861. The second-order valence-corrected chi connectivity index (χ2v) is 5.01. The van der Waals surface area contributed by atoms with Crippen molar-refractivity contribution in [2.24, 2.45) is 0 Å². The van der Waals surface area contributed by atoms with Gasteiger partial charge in [-0.05, 0) is 37.6 Å². The summed E-state index contributed by atoms with van der Waals surface area (Å²) in [6.07, 6.45) is 0.152. The second kappa shape index (κ2) is 7.06. The number of nitrogens with one attached hydrogen (secondary N) is 1. The van der Waals surface area contributed by atoms with Crippen molar-refractivity contribution < 1.29 is 9.13 Å². The molecule has 0 aliphatic carbocycles. The summed E-state index contributed by atoms with van der Waals surface area (Å²) in [5.41, 5.74) is 2.05. The molecule has 3 heteroatoms. The molecule has 0 radical (unpaired) electrons. The Balaban J connectivity index is 1.94. The molecule has 0 atom stereocenters. The minimum absolute atomic E-state index is 0.152.